The maximum Gasteiger partial charge on any atom is 0.330 e. The molecule has 1 amide bonds. The lowest BCUT2D eigenvalue weighted by Crippen LogP contribution is -2.37. The van der Waals surface area contributed by atoms with Crippen molar-refractivity contribution in [2.24, 2.45) is 0 Å². The Morgan fingerprint density at radius 3 is 2.67 bits per heavy atom. The van der Waals surface area contributed by atoms with Gasteiger partial charge in [-0.2, -0.15) is 8.78 Å². The van der Waals surface area contributed by atoms with Crippen LogP contribution in [-0.2, 0) is 9.53 Å². The van der Waals surface area contributed by atoms with E-state index in [9.17, 15) is 22.4 Å². The van der Waals surface area contributed by atoms with Gasteiger partial charge in [-0.05, 0) is 25.1 Å². The quantitative estimate of drug-likeness (QED) is 0.623. The molecule has 3 N–H and O–H groups in total. The highest BCUT2D eigenvalue weighted by Crippen LogP contribution is 2.25. The molecular formula is C12H13ClF4N2O2. The second kappa shape index (κ2) is 6.95. The van der Waals surface area contributed by atoms with Crippen LogP contribution in [0.4, 0.5) is 28.9 Å². The SMILES string of the molecule is CC(OCC(F)(F)C(F)F)C(=O)Nc1cc(Cl)ccc1N. The van der Waals surface area contributed by atoms with Gasteiger partial charge in [0.2, 0.25) is 0 Å². The van der Waals surface area contributed by atoms with Crippen LogP contribution in [-0.4, -0.2) is 31.0 Å². The Bertz CT molecular complexity index is 514. The molecule has 0 bridgehead atoms. The van der Waals surface area contributed by atoms with E-state index in [2.05, 4.69) is 10.1 Å². The third-order valence-electron chi connectivity index (χ3n) is 2.49. The van der Waals surface area contributed by atoms with Crippen LogP contribution in [0, 0.1) is 0 Å². The Balaban J connectivity index is 2.61. The number of benzene rings is 1. The Morgan fingerprint density at radius 1 is 1.48 bits per heavy atom. The van der Waals surface area contributed by atoms with E-state index in [1.54, 1.807) is 0 Å². The minimum atomic E-state index is -4.32. The van der Waals surface area contributed by atoms with Crippen LogP contribution in [0.5, 0.6) is 0 Å². The van der Waals surface area contributed by atoms with E-state index in [4.69, 9.17) is 17.3 Å². The van der Waals surface area contributed by atoms with Gasteiger partial charge in [0, 0.05) is 5.02 Å². The van der Waals surface area contributed by atoms with Gasteiger partial charge in [0.1, 0.15) is 12.7 Å². The van der Waals surface area contributed by atoms with Gasteiger partial charge in [-0.1, -0.05) is 11.6 Å². The van der Waals surface area contributed by atoms with Crippen LogP contribution in [0.3, 0.4) is 0 Å². The molecule has 21 heavy (non-hydrogen) atoms. The zero-order chi connectivity index (χ0) is 16.2. The van der Waals surface area contributed by atoms with Crippen LogP contribution >= 0.6 is 11.6 Å². The molecule has 4 nitrogen and oxygen atoms in total. The number of nitrogen functional groups attached to an aromatic ring is 1. The first kappa shape index (κ1) is 17.5. The predicted molar refractivity (Wildman–Crippen MR) is 70.9 cm³/mol. The molecule has 0 fully saturated rings. The number of carbonyl (C=O) groups excluding carboxylic acids is 1. The summed E-state index contributed by atoms with van der Waals surface area (Å²) in [6.45, 7) is -0.415. The van der Waals surface area contributed by atoms with Crippen LogP contribution in [0.1, 0.15) is 6.92 Å². The molecule has 0 aliphatic carbocycles. The van der Waals surface area contributed by atoms with Crippen molar-refractivity contribution in [3.05, 3.63) is 23.2 Å². The van der Waals surface area contributed by atoms with E-state index in [0.717, 1.165) is 6.92 Å². The van der Waals surface area contributed by atoms with Gasteiger partial charge in [-0.3, -0.25) is 4.79 Å². The maximum absolute atomic E-state index is 12.7. The first-order valence-electron chi connectivity index (χ1n) is 5.77. The van der Waals surface area contributed by atoms with Gasteiger partial charge in [-0.15, -0.1) is 0 Å². The van der Waals surface area contributed by atoms with E-state index in [1.807, 2.05) is 0 Å². The van der Waals surface area contributed by atoms with Gasteiger partial charge in [0.05, 0.1) is 11.4 Å². The third-order valence-corrected chi connectivity index (χ3v) is 2.72. The fraction of sp³-hybridized carbons (Fsp3) is 0.417. The van der Waals surface area contributed by atoms with E-state index >= 15 is 0 Å². The van der Waals surface area contributed by atoms with Crippen LogP contribution in [0.15, 0.2) is 18.2 Å². The summed E-state index contributed by atoms with van der Waals surface area (Å²) >= 11 is 5.72. The topological polar surface area (TPSA) is 64.3 Å². The molecule has 0 heterocycles. The normalized spacial score (nSPS) is 13.3. The van der Waals surface area contributed by atoms with Gasteiger partial charge in [0.25, 0.3) is 5.91 Å². The number of nitrogens with two attached hydrogens (primary N) is 1. The molecule has 9 heteroatoms. The summed E-state index contributed by atoms with van der Waals surface area (Å²) in [6, 6.07) is 4.29. The Morgan fingerprint density at radius 2 is 2.10 bits per heavy atom. The highest BCUT2D eigenvalue weighted by molar-refractivity contribution is 6.31. The number of nitrogens with one attached hydrogen (secondary N) is 1. The molecule has 0 radical (unpaired) electrons. The monoisotopic (exact) mass is 328 g/mol. The number of hydrogen-bond donors (Lipinski definition) is 2. The van der Waals surface area contributed by atoms with Crippen molar-refractivity contribution in [2.45, 2.75) is 25.4 Å². The fourth-order valence-corrected chi connectivity index (χ4v) is 1.42. The zero-order valence-electron chi connectivity index (χ0n) is 10.9. The molecular weight excluding hydrogens is 316 g/mol. The summed E-state index contributed by atoms with van der Waals surface area (Å²) < 4.78 is 53.7. The van der Waals surface area contributed by atoms with Gasteiger partial charge < -0.3 is 15.8 Å². The lowest BCUT2D eigenvalue weighted by molar-refractivity contribution is -0.176. The molecule has 118 valence electrons. The van der Waals surface area contributed by atoms with Gasteiger partial charge >= 0.3 is 12.3 Å². The number of carbonyl (C=O) groups is 1. The first-order valence-corrected chi connectivity index (χ1v) is 6.14. The van der Waals surface area contributed by atoms with Crippen molar-refractivity contribution in [2.75, 3.05) is 17.7 Å². The lowest BCUT2D eigenvalue weighted by atomic mass is 10.2. The molecule has 0 aliphatic heterocycles. The van der Waals surface area contributed by atoms with E-state index in [1.165, 1.54) is 18.2 Å². The first-order chi connectivity index (χ1) is 9.63. The largest absolute Gasteiger partial charge is 0.397 e. The highest BCUT2D eigenvalue weighted by Gasteiger charge is 2.41. The van der Waals surface area contributed by atoms with Crippen molar-refractivity contribution in [1.29, 1.82) is 0 Å². The molecule has 0 aliphatic rings. The number of anilines is 2. The molecule has 0 saturated carbocycles. The van der Waals surface area contributed by atoms with E-state index < -0.39 is 31.0 Å². The van der Waals surface area contributed by atoms with Crippen LogP contribution < -0.4 is 11.1 Å². The van der Waals surface area contributed by atoms with Crippen molar-refractivity contribution in [1.82, 2.24) is 0 Å². The number of halogens is 5. The molecule has 1 unspecified atom stereocenters. The van der Waals surface area contributed by atoms with E-state index in [-0.39, 0.29) is 11.4 Å². The number of amides is 1. The van der Waals surface area contributed by atoms with E-state index in [0.29, 0.717) is 5.02 Å². The van der Waals surface area contributed by atoms with Crippen LogP contribution in [0.25, 0.3) is 0 Å². The summed E-state index contributed by atoms with van der Waals surface area (Å²) in [5.41, 5.74) is 5.96. The number of rotatable bonds is 6. The van der Waals surface area contributed by atoms with Gasteiger partial charge in [-0.25, -0.2) is 8.78 Å². The molecule has 0 aromatic heterocycles. The predicted octanol–water partition coefficient (Wildman–Crippen LogP) is 3.17. The molecule has 1 aromatic rings. The van der Waals surface area contributed by atoms with Crippen molar-refractivity contribution in [3.8, 4) is 0 Å². The third kappa shape index (κ3) is 5.05. The number of hydrogen-bond acceptors (Lipinski definition) is 3. The minimum Gasteiger partial charge on any atom is -0.397 e. The Hall–Kier alpha value is -1.54. The minimum absolute atomic E-state index is 0.170. The van der Waals surface area contributed by atoms with Gasteiger partial charge in [0.15, 0.2) is 0 Å². The molecule has 1 atom stereocenters. The summed E-state index contributed by atoms with van der Waals surface area (Å²) in [5, 5.41) is 2.61. The lowest BCUT2D eigenvalue weighted by Gasteiger charge is -2.19. The zero-order valence-corrected chi connectivity index (χ0v) is 11.6. The van der Waals surface area contributed by atoms with Crippen LogP contribution in [0.2, 0.25) is 5.02 Å². The van der Waals surface area contributed by atoms with Crippen molar-refractivity contribution < 1.29 is 27.1 Å². The maximum atomic E-state index is 12.7. The highest BCUT2D eigenvalue weighted by atomic mass is 35.5. The fourth-order valence-electron chi connectivity index (χ4n) is 1.25. The number of ether oxygens (including phenoxy) is 1. The van der Waals surface area contributed by atoms with Crippen molar-refractivity contribution >= 4 is 28.9 Å². The van der Waals surface area contributed by atoms with Crippen molar-refractivity contribution in [3.63, 3.8) is 0 Å². The average Bonchev–Trinajstić information content (AvgIpc) is 2.40. The number of alkyl halides is 4. The second-order valence-electron chi connectivity index (χ2n) is 4.24. The molecule has 0 saturated heterocycles. The Labute approximate surface area is 123 Å². The molecule has 1 rings (SSSR count). The summed E-state index contributed by atoms with van der Waals surface area (Å²) in [7, 11) is 0. The smallest absolute Gasteiger partial charge is 0.330 e. The molecule has 1 aromatic carbocycles. The Kier molecular flexibility index (Phi) is 5.79. The molecule has 0 spiro atoms. The second-order valence-corrected chi connectivity index (χ2v) is 4.67. The summed E-state index contributed by atoms with van der Waals surface area (Å²) in [4.78, 5) is 11.7. The summed E-state index contributed by atoms with van der Waals surface area (Å²) in [5.74, 6) is -5.13. The average molecular weight is 329 g/mol. The summed E-state index contributed by atoms with van der Waals surface area (Å²) in [6.07, 6.45) is -5.23. The standard InChI is InChI=1S/C12H13ClF4N2O2/c1-6(21-5-12(16,17)11(14)15)10(20)19-9-4-7(13)2-3-8(9)18/h2-4,6,11H,5,18H2,1H3,(H,19,20).